The van der Waals surface area contributed by atoms with E-state index in [1.807, 2.05) is 0 Å². The van der Waals surface area contributed by atoms with Gasteiger partial charge in [-0.15, -0.1) is 0 Å². The van der Waals surface area contributed by atoms with E-state index in [9.17, 15) is 0 Å². The molecule has 380 valence electrons. The molecule has 3 heteroatoms. The summed E-state index contributed by atoms with van der Waals surface area (Å²) < 4.78 is 13.6. The molecular weight excluding hydrogens is 911 g/mol. The Morgan fingerprint density at radius 3 is 0.960 bits per heavy atom. The third-order valence-corrected chi connectivity index (χ3v) is 43.7. The molecule has 0 spiro atoms. The first-order valence-electron chi connectivity index (χ1n) is 35.3. The van der Waals surface area contributed by atoms with Crippen LogP contribution in [0, 0.1) is 349 Å². The molecule has 1 heterocycles. The molecule has 3 nitrogen and oxygen atoms in total. The Bertz CT molecular complexity index is 3260. The summed E-state index contributed by atoms with van der Waals surface area (Å²) in [5, 5.41) is 0. The van der Waals surface area contributed by atoms with Gasteiger partial charge in [-0.05, 0) is 367 Å². The molecule has 0 amide bonds. The van der Waals surface area contributed by atoms with Crippen molar-refractivity contribution in [1.82, 2.24) is 4.90 Å². The molecule has 0 aromatic heterocycles. The van der Waals surface area contributed by atoms with Gasteiger partial charge in [0.15, 0.2) is 0 Å². The van der Waals surface area contributed by atoms with E-state index in [1.165, 1.54) is 286 Å². The van der Waals surface area contributed by atoms with Gasteiger partial charge in [-0.3, -0.25) is 4.90 Å². The van der Waals surface area contributed by atoms with E-state index < -0.39 is 0 Å². The lowest BCUT2D eigenvalue weighted by atomic mass is 9.33. The third-order valence-electron chi connectivity index (χ3n) is 43.7. The molecule has 34 rings (SSSR count). The molecule has 1 aliphatic heterocycles. The maximum Gasteiger partial charge on any atom is 0.122 e. The molecule has 0 bridgehead atoms. The van der Waals surface area contributed by atoms with Crippen molar-refractivity contribution in [3.8, 4) is 5.75 Å². The molecule has 1 saturated heterocycles. The highest BCUT2D eigenvalue weighted by molar-refractivity contribution is 5.53. The second-order valence-electron chi connectivity index (χ2n) is 38.8. The van der Waals surface area contributed by atoms with E-state index in [1.54, 1.807) is 5.56 Å². The van der Waals surface area contributed by atoms with Gasteiger partial charge in [-0.2, -0.15) is 0 Å². The lowest BCUT2D eigenvalue weighted by molar-refractivity contribution is -0.267. The number of hydrogen-bond acceptors (Lipinski definition) is 3. The minimum atomic E-state index is 0.521. The molecule has 1 aromatic carbocycles. The molecule has 60 atom stereocenters. The first-order chi connectivity index (χ1) is 37.4. The molecule has 75 heavy (non-hydrogen) atoms. The van der Waals surface area contributed by atoms with E-state index >= 15 is 0 Å². The highest BCUT2D eigenvalue weighted by atomic mass is 16.5. The van der Waals surface area contributed by atoms with E-state index in [0.717, 1.165) is 96.1 Å². The van der Waals surface area contributed by atoms with Crippen molar-refractivity contribution >= 4 is 0 Å². The van der Waals surface area contributed by atoms with Crippen molar-refractivity contribution in [3.05, 3.63) is 29.8 Å². The fourth-order valence-electron chi connectivity index (χ4n) is 49.6. The van der Waals surface area contributed by atoms with Crippen LogP contribution in [-0.2, 0) is 11.2 Å². The second kappa shape index (κ2) is 8.99. The van der Waals surface area contributed by atoms with Crippen LogP contribution in [0.25, 0.3) is 0 Å². The van der Waals surface area contributed by atoms with Crippen LogP contribution in [0.1, 0.15) is 5.56 Å². The van der Waals surface area contributed by atoms with Gasteiger partial charge < -0.3 is 9.47 Å². The zero-order chi connectivity index (χ0) is 45.0. The maximum atomic E-state index is 6.81. The van der Waals surface area contributed by atoms with Crippen LogP contribution < -0.4 is 4.74 Å². The minimum Gasteiger partial charge on any atom is -0.496 e. The normalized spacial score (nSPS) is 92.2. The standard InChI is InChI=1S/C72H75NO2/c1-74-12-5-3-2-4-11(12)10-71-65-57-48-41-28-21-15-16-18-14-13-17(15)26(28)32-30-19(13)23-20(14)31-33-27(18)29-22(16)25-24(21)35-43-36(25)45-42(29)49-47(33)51-38(31)40-34(23)39-37(30)50(46(32)48)61(65)63-52(39)53(40)64-62(51)66-58(49)55(45)60-56(43)59(54(57)44(35)41)67(71)69(60)72(66,70(64)68(63)71)73-6-8-75-9-7-73/h2-5,13-70H,6-10H2,1H3. The highest BCUT2D eigenvalue weighted by Gasteiger charge is 3.05. The maximum absolute atomic E-state index is 6.81. The van der Waals surface area contributed by atoms with E-state index in [2.05, 4.69) is 36.3 Å². The summed E-state index contributed by atoms with van der Waals surface area (Å²) >= 11 is 0. The first kappa shape index (κ1) is 35.1. The Balaban J connectivity index is 0.839. The van der Waals surface area contributed by atoms with Crippen molar-refractivity contribution < 1.29 is 9.47 Å². The van der Waals surface area contributed by atoms with Crippen molar-refractivity contribution in [2.24, 2.45) is 349 Å². The summed E-state index contributed by atoms with van der Waals surface area (Å²) in [6, 6.07) is 10.2. The molecular formula is C72H75NO2. The number of methoxy groups -OCH3 is 1. The van der Waals surface area contributed by atoms with Gasteiger partial charge >= 0.3 is 0 Å². The largest absolute Gasteiger partial charge is 0.496 e. The molecule has 60 unspecified atom stereocenters. The molecule has 33 fully saturated rings. The summed E-state index contributed by atoms with van der Waals surface area (Å²) in [5.41, 5.74) is 2.82. The Morgan fingerprint density at radius 1 is 0.333 bits per heavy atom. The topological polar surface area (TPSA) is 21.7 Å². The average molecular weight is 986 g/mol. The van der Waals surface area contributed by atoms with Crippen LogP contribution >= 0.6 is 0 Å². The first-order valence-corrected chi connectivity index (χ1v) is 35.3. The number of hydrogen-bond donors (Lipinski definition) is 0. The van der Waals surface area contributed by atoms with Crippen molar-refractivity contribution in [3.63, 3.8) is 0 Å². The summed E-state index contributed by atoms with van der Waals surface area (Å²) in [7, 11) is 2.11. The van der Waals surface area contributed by atoms with Gasteiger partial charge in [0, 0.05) is 18.6 Å². The van der Waals surface area contributed by atoms with Crippen LogP contribution in [-0.4, -0.2) is 43.9 Å². The Morgan fingerprint density at radius 2 is 0.587 bits per heavy atom. The van der Waals surface area contributed by atoms with E-state index in [4.69, 9.17) is 9.47 Å². The Kier molecular flexibility index (Phi) is 4.20. The Hall–Kier alpha value is -1.06. The number of para-hydroxylation sites is 1. The number of ether oxygens (including phenoxy) is 2. The number of morpholine rings is 1. The predicted octanol–water partition coefficient (Wildman–Crippen LogP) is 8.46. The van der Waals surface area contributed by atoms with E-state index in [0.29, 0.717) is 11.0 Å². The third kappa shape index (κ3) is 2.26. The summed E-state index contributed by atoms with van der Waals surface area (Å²) in [5.74, 6) is 71.0. The van der Waals surface area contributed by atoms with Crippen molar-refractivity contribution in [1.29, 1.82) is 0 Å². The lowest BCUT2D eigenvalue weighted by Crippen LogP contribution is -2.78. The smallest absolute Gasteiger partial charge is 0.122 e. The van der Waals surface area contributed by atoms with Crippen LogP contribution in [0.15, 0.2) is 24.3 Å². The van der Waals surface area contributed by atoms with Crippen LogP contribution in [0.5, 0.6) is 5.75 Å². The van der Waals surface area contributed by atoms with Crippen LogP contribution in [0.4, 0.5) is 0 Å². The van der Waals surface area contributed by atoms with Gasteiger partial charge in [-0.1, -0.05) is 18.2 Å². The van der Waals surface area contributed by atoms with Gasteiger partial charge in [0.2, 0.25) is 0 Å². The van der Waals surface area contributed by atoms with Gasteiger partial charge in [-0.25, -0.2) is 0 Å². The molecule has 32 aliphatic carbocycles. The molecule has 0 N–H and O–H groups in total. The van der Waals surface area contributed by atoms with Crippen LogP contribution in [0.3, 0.4) is 0 Å². The summed E-state index contributed by atoms with van der Waals surface area (Å²) in [4.78, 5) is 3.67. The molecule has 33 aliphatic rings. The lowest BCUT2D eigenvalue weighted by Gasteiger charge is -2.74. The van der Waals surface area contributed by atoms with Crippen molar-refractivity contribution in [2.45, 2.75) is 12.0 Å². The molecule has 0 radical (unpaired) electrons. The fraction of sp³-hybridized carbons (Fsp3) is 0.917. The SMILES string of the molecule is COc1ccccc1CC12C3C4C5C6C7C8C9C%10C%11C%12C%13C9C9C%14C8C8C6C4C4C6C8C%14C8C%14C9C%13C9C%13C%12C%12C%11C%11C(C%107)C5C5C%11C7C%12C%10C%13C%11C9C%14C9C8C6C(C41)C1(N4CCOCC4)C9C%11C4C%10C7C(C53)C2C41. The van der Waals surface area contributed by atoms with Gasteiger partial charge in [0.1, 0.15) is 5.75 Å². The second-order valence-corrected chi connectivity index (χ2v) is 38.8. The highest BCUT2D eigenvalue weighted by Crippen LogP contribution is 3.07. The van der Waals surface area contributed by atoms with Gasteiger partial charge in [0.25, 0.3) is 0 Å². The molecule has 32 saturated carbocycles. The zero-order valence-corrected chi connectivity index (χ0v) is 43.6. The van der Waals surface area contributed by atoms with Crippen molar-refractivity contribution in [2.75, 3.05) is 33.4 Å². The number of rotatable bonds is 4. The number of benzene rings is 1. The fourth-order valence-corrected chi connectivity index (χ4v) is 49.6. The number of nitrogens with zero attached hydrogens (tertiary/aromatic N) is 1. The molecule has 1 aromatic rings. The zero-order valence-electron chi connectivity index (χ0n) is 43.6. The predicted molar refractivity (Wildman–Crippen MR) is 267 cm³/mol. The monoisotopic (exact) mass is 986 g/mol. The quantitative estimate of drug-likeness (QED) is 0.303. The van der Waals surface area contributed by atoms with Gasteiger partial charge in [0.05, 0.1) is 20.3 Å². The minimum absolute atomic E-state index is 0.521. The Labute approximate surface area is 441 Å². The summed E-state index contributed by atoms with van der Waals surface area (Å²) in [6.45, 7) is 4.83. The van der Waals surface area contributed by atoms with E-state index in [-0.39, 0.29) is 0 Å². The summed E-state index contributed by atoms with van der Waals surface area (Å²) in [6.07, 6.45) is 1.48. The average Bonchev–Trinajstić information content (AvgIpc) is 1.80. The van der Waals surface area contributed by atoms with Crippen LogP contribution in [0.2, 0.25) is 0 Å².